The molecule has 0 spiro atoms. The van der Waals surface area contributed by atoms with Gasteiger partial charge in [-0.25, -0.2) is 0 Å². The first-order chi connectivity index (χ1) is 3.70. The van der Waals surface area contributed by atoms with Crippen LogP contribution in [-0.4, -0.2) is 14.6 Å². The lowest BCUT2D eigenvalue weighted by molar-refractivity contribution is -0.693. The van der Waals surface area contributed by atoms with Gasteiger partial charge in [0.05, 0.1) is 28.2 Å². The average molecular weight is 212 g/mol. The van der Waals surface area contributed by atoms with Crippen LogP contribution in [0.25, 0.3) is 0 Å². The van der Waals surface area contributed by atoms with Crippen LogP contribution in [0.4, 0.5) is 0 Å². The monoisotopic (exact) mass is 210 g/mol. The van der Waals surface area contributed by atoms with Crippen LogP contribution in [0.5, 0.6) is 0 Å². The molecule has 1 aliphatic heterocycles. The Labute approximate surface area is 72.9 Å². The summed E-state index contributed by atoms with van der Waals surface area (Å²) in [6, 6.07) is 0. The van der Waals surface area contributed by atoms with Crippen LogP contribution in [0.2, 0.25) is 0 Å². The standard InChI is InChI=1S/CHCl3N4.ClH/c2-1-5-7(3)8(4)6-1;/h(H,5,6);1H. The Morgan fingerprint density at radius 2 is 2.00 bits per heavy atom. The van der Waals surface area contributed by atoms with Crippen molar-refractivity contribution in [3.63, 3.8) is 0 Å². The van der Waals surface area contributed by atoms with Crippen molar-refractivity contribution in [1.82, 2.24) is 9.27 Å². The van der Waals surface area contributed by atoms with E-state index in [0.717, 1.165) is 9.27 Å². The molecule has 0 radical (unpaired) electrons. The number of amidine groups is 1. The number of rotatable bonds is 0. The molecule has 9 heavy (non-hydrogen) atoms. The third kappa shape index (κ3) is 2.33. The second-order valence-electron chi connectivity index (χ2n) is 1.08. The van der Waals surface area contributed by atoms with E-state index in [-0.39, 0.29) is 17.7 Å². The molecule has 1 aliphatic rings. The minimum absolute atomic E-state index is 0. The summed E-state index contributed by atoms with van der Waals surface area (Å²) in [6.07, 6.45) is 0. The fourth-order valence-electron chi connectivity index (χ4n) is 0.283. The molecule has 0 saturated heterocycles. The minimum Gasteiger partial charge on any atom is -1.00 e. The summed E-state index contributed by atoms with van der Waals surface area (Å²) in [5, 5.41) is 3.75. The molecule has 1 heterocycles. The lowest BCUT2D eigenvalue weighted by atomic mass is 11.3. The Morgan fingerprint density at radius 3 is 2.11 bits per heavy atom. The van der Waals surface area contributed by atoms with E-state index in [1.54, 1.807) is 0 Å². The van der Waals surface area contributed by atoms with Gasteiger partial charge in [-0.05, 0) is 0 Å². The van der Waals surface area contributed by atoms with E-state index in [1.165, 1.54) is 5.43 Å². The maximum Gasteiger partial charge on any atom is 0.338 e. The Hall–Kier alpha value is 0.550. The molecule has 0 unspecified atom stereocenters. The number of quaternary nitrogens is 1. The molecular formula is CH2Cl4N4. The van der Waals surface area contributed by atoms with Gasteiger partial charge in [0.2, 0.25) is 0 Å². The first-order valence-corrected chi connectivity index (χ1v) is 2.75. The van der Waals surface area contributed by atoms with E-state index in [4.69, 9.17) is 35.2 Å². The third-order valence-corrected chi connectivity index (χ3v) is 1.28. The summed E-state index contributed by atoms with van der Waals surface area (Å²) < 4.78 is 1.92. The highest BCUT2D eigenvalue weighted by atomic mass is 35.5. The largest absolute Gasteiger partial charge is 1.00 e. The van der Waals surface area contributed by atoms with Gasteiger partial charge in [-0.1, -0.05) is 9.74 Å². The van der Waals surface area contributed by atoms with Crippen LogP contribution in [0.15, 0.2) is 5.10 Å². The fourth-order valence-corrected chi connectivity index (χ4v) is 0.787. The summed E-state index contributed by atoms with van der Waals surface area (Å²) in [5.74, 6) is 0. The fraction of sp³-hybridized carbons (Fsp3) is 0. The van der Waals surface area contributed by atoms with Gasteiger partial charge in [-0.2, -0.15) is 5.43 Å². The lowest BCUT2D eigenvalue weighted by Crippen LogP contribution is -3.00. The number of hydrazine groups is 1. The van der Waals surface area contributed by atoms with Crippen molar-refractivity contribution in [2.24, 2.45) is 5.10 Å². The van der Waals surface area contributed by atoms with E-state index < -0.39 is 0 Å². The van der Waals surface area contributed by atoms with E-state index in [2.05, 4.69) is 5.10 Å². The van der Waals surface area contributed by atoms with Gasteiger partial charge in [0.15, 0.2) is 0 Å². The maximum atomic E-state index is 5.34. The van der Waals surface area contributed by atoms with Crippen LogP contribution >= 0.6 is 35.2 Å². The molecule has 0 atom stereocenters. The van der Waals surface area contributed by atoms with Crippen LogP contribution in [0.1, 0.15) is 0 Å². The zero-order valence-electron chi connectivity index (χ0n) is 3.93. The van der Waals surface area contributed by atoms with Crippen molar-refractivity contribution in [1.29, 1.82) is 0 Å². The Bertz CT molecular complexity index is 124. The highest BCUT2D eigenvalue weighted by molar-refractivity contribution is 6.62. The minimum atomic E-state index is 0. The van der Waals surface area contributed by atoms with Gasteiger partial charge in [0.25, 0.3) is 0 Å². The van der Waals surface area contributed by atoms with Gasteiger partial charge in [0.1, 0.15) is 0 Å². The van der Waals surface area contributed by atoms with Gasteiger partial charge in [0, 0.05) is 11.6 Å². The molecule has 0 aromatic rings. The molecule has 0 aromatic carbocycles. The van der Waals surface area contributed by atoms with E-state index in [1.807, 2.05) is 0 Å². The molecular weight excluding hydrogens is 210 g/mol. The van der Waals surface area contributed by atoms with Gasteiger partial charge in [-0.15, -0.1) is 0 Å². The first kappa shape index (κ1) is 9.55. The quantitative estimate of drug-likeness (QED) is 0.261. The third-order valence-electron chi connectivity index (χ3n) is 0.549. The molecule has 0 fully saturated rings. The number of hydrogen-bond acceptors (Lipinski definition) is 3. The predicted octanol–water partition coefficient (Wildman–Crippen LogP) is -3.18. The summed E-state index contributed by atoms with van der Waals surface area (Å²) in [4.78, 5) is 0. The number of halogens is 4. The number of nitrogens with two attached hydrogens (primary N) is 1. The predicted molar refractivity (Wildman–Crippen MR) is 30.6 cm³/mol. The van der Waals surface area contributed by atoms with Crippen molar-refractivity contribution < 1.29 is 17.8 Å². The van der Waals surface area contributed by atoms with Crippen LogP contribution in [0, 0.1) is 0 Å². The van der Waals surface area contributed by atoms with E-state index in [0.29, 0.717) is 0 Å². The highest BCUT2D eigenvalue weighted by Gasteiger charge is 2.23. The molecule has 8 heteroatoms. The van der Waals surface area contributed by atoms with Crippen molar-refractivity contribution in [2.75, 3.05) is 0 Å². The second-order valence-corrected chi connectivity index (χ2v) is 2.12. The van der Waals surface area contributed by atoms with Crippen LogP contribution < -0.4 is 17.8 Å². The summed E-state index contributed by atoms with van der Waals surface area (Å²) in [5.41, 5.74) is 1.37. The normalized spacial score (nSPS) is 19.4. The van der Waals surface area contributed by atoms with Gasteiger partial charge in [-0.3, -0.25) is 0 Å². The van der Waals surface area contributed by atoms with Gasteiger partial charge < -0.3 is 12.4 Å². The highest BCUT2D eigenvalue weighted by Crippen LogP contribution is 2.04. The first-order valence-electron chi connectivity index (χ1n) is 1.70. The van der Waals surface area contributed by atoms with E-state index in [9.17, 15) is 0 Å². The average Bonchev–Trinajstić information content (AvgIpc) is 1.85. The van der Waals surface area contributed by atoms with Crippen LogP contribution in [0.3, 0.4) is 0 Å². The molecule has 0 aliphatic carbocycles. The molecule has 4 nitrogen and oxygen atoms in total. The molecule has 54 valence electrons. The van der Waals surface area contributed by atoms with Crippen molar-refractivity contribution >= 4 is 40.4 Å². The van der Waals surface area contributed by atoms with Crippen molar-refractivity contribution in [2.45, 2.75) is 0 Å². The summed E-state index contributed by atoms with van der Waals surface area (Å²) >= 11 is 16.0. The molecule has 2 N–H and O–H groups in total. The Morgan fingerprint density at radius 1 is 1.44 bits per heavy atom. The van der Waals surface area contributed by atoms with Gasteiger partial charge >= 0.3 is 5.29 Å². The molecule has 0 amide bonds. The molecule has 0 aromatic heterocycles. The number of hydrazone groups is 1. The molecule has 1 rings (SSSR count). The summed E-state index contributed by atoms with van der Waals surface area (Å²) in [6.45, 7) is 0. The van der Waals surface area contributed by atoms with E-state index >= 15 is 0 Å². The molecule has 0 bridgehead atoms. The molecule has 0 saturated carbocycles. The second kappa shape index (κ2) is 3.65. The number of hydrogen-bond donors (Lipinski definition) is 1. The SMILES string of the molecule is ClC1=NN(Cl)N(Cl)[NH2+]1.[Cl-]. The topological polar surface area (TPSA) is 35.5 Å². The maximum absolute atomic E-state index is 5.34. The number of nitrogens with zero attached hydrogens (tertiary/aromatic N) is 3. The smallest absolute Gasteiger partial charge is 0.338 e. The Balaban J connectivity index is 0.000000640. The zero-order valence-corrected chi connectivity index (χ0v) is 6.95. The van der Waals surface area contributed by atoms with Crippen molar-refractivity contribution in [3.05, 3.63) is 0 Å². The van der Waals surface area contributed by atoms with Crippen molar-refractivity contribution in [3.8, 4) is 0 Å². The lowest BCUT2D eigenvalue weighted by Gasteiger charge is -2.02. The summed E-state index contributed by atoms with van der Waals surface area (Å²) in [7, 11) is 0. The van der Waals surface area contributed by atoms with Crippen LogP contribution in [-0.2, 0) is 0 Å². The Kier molecular flexibility index (Phi) is 3.88. The zero-order chi connectivity index (χ0) is 6.15.